The van der Waals surface area contributed by atoms with E-state index in [9.17, 15) is 0 Å². The van der Waals surface area contributed by atoms with Gasteiger partial charge in [0, 0.05) is 12.7 Å². The van der Waals surface area contributed by atoms with Crippen molar-refractivity contribution in [1.29, 1.82) is 0 Å². The van der Waals surface area contributed by atoms with Crippen LogP contribution in [0.4, 0.5) is 5.13 Å². The largest absolute Gasteiger partial charge is 0.462 e. The predicted molar refractivity (Wildman–Crippen MR) is 77.5 cm³/mol. The van der Waals surface area contributed by atoms with Crippen LogP contribution >= 0.6 is 22.7 Å². The van der Waals surface area contributed by atoms with Gasteiger partial charge in [0.05, 0.1) is 11.1 Å². The number of furan rings is 1. The molecule has 3 aromatic rings. The SMILES string of the molecule is CCCNc1nnc(-c2cnc(-c3ccco3)s2)s1. The Labute approximate surface area is 118 Å². The van der Waals surface area contributed by atoms with Gasteiger partial charge in [-0.1, -0.05) is 18.3 Å². The summed E-state index contributed by atoms with van der Waals surface area (Å²) in [5.74, 6) is 0.782. The Morgan fingerprint density at radius 1 is 1.26 bits per heavy atom. The minimum absolute atomic E-state index is 0.782. The Morgan fingerprint density at radius 2 is 2.21 bits per heavy atom. The summed E-state index contributed by atoms with van der Waals surface area (Å²) in [5.41, 5.74) is 0. The topological polar surface area (TPSA) is 63.8 Å². The average Bonchev–Trinajstić information content (AvgIpc) is 3.14. The van der Waals surface area contributed by atoms with E-state index in [1.165, 1.54) is 0 Å². The first-order chi connectivity index (χ1) is 9.36. The molecular formula is C12H12N4OS2. The van der Waals surface area contributed by atoms with Gasteiger partial charge in [-0.05, 0) is 18.6 Å². The molecule has 0 aromatic carbocycles. The highest BCUT2D eigenvalue weighted by atomic mass is 32.1. The molecule has 0 aliphatic rings. The summed E-state index contributed by atoms with van der Waals surface area (Å²) >= 11 is 3.10. The Kier molecular flexibility index (Phi) is 3.56. The van der Waals surface area contributed by atoms with E-state index in [1.54, 1.807) is 28.9 Å². The third-order valence-electron chi connectivity index (χ3n) is 2.40. The molecule has 0 radical (unpaired) electrons. The maximum atomic E-state index is 5.33. The molecular weight excluding hydrogens is 280 g/mol. The lowest BCUT2D eigenvalue weighted by Crippen LogP contribution is -1.98. The average molecular weight is 292 g/mol. The minimum atomic E-state index is 0.782. The maximum absolute atomic E-state index is 5.33. The number of thiazole rings is 1. The van der Waals surface area contributed by atoms with Gasteiger partial charge in [-0.3, -0.25) is 0 Å². The molecule has 0 aliphatic heterocycles. The fourth-order valence-electron chi connectivity index (χ4n) is 1.51. The molecule has 0 saturated carbocycles. The van der Waals surface area contributed by atoms with Crippen LogP contribution < -0.4 is 5.32 Å². The van der Waals surface area contributed by atoms with Crippen LogP contribution in [0.15, 0.2) is 29.0 Å². The zero-order chi connectivity index (χ0) is 13.1. The number of rotatable bonds is 5. The molecule has 0 atom stereocenters. The first-order valence-electron chi connectivity index (χ1n) is 5.94. The lowest BCUT2D eigenvalue weighted by molar-refractivity contribution is 0.582. The molecule has 0 bridgehead atoms. The molecule has 0 fully saturated rings. The van der Waals surface area contributed by atoms with Gasteiger partial charge in [0.25, 0.3) is 0 Å². The summed E-state index contributed by atoms with van der Waals surface area (Å²) in [6, 6.07) is 3.76. The van der Waals surface area contributed by atoms with Crippen LogP contribution in [0.25, 0.3) is 20.7 Å². The van der Waals surface area contributed by atoms with Crippen molar-refractivity contribution in [1.82, 2.24) is 15.2 Å². The van der Waals surface area contributed by atoms with Crippen molar-refractivity contribution in [2.75, 3.05) is 11.9 Å². The molecule has 0 amide bonds. The normalized spacial score (nSPS) is 10.8. The van der Waals surface area contributed by atoms with Crippen molar-refractivity contribution in [2.24, 2.45) is 0 Å². The van der Waals surface area contributed by atoms with Crippen LogP contribution in [-0.2, 0) is 0 Å². The number of hydrogen-bond acceptors (Lipinski definition) is 7. The second kappa shape index (κ2) is 5.50. The predicted octanol–water partition coefficient (Wildman–Crippen LogP) is 3.74. The van der Waals surface area contributed by atoms with Crippen LogP contribution in [0.1, 0.15) is 13.3 Å². The van der Waals surface area contributed by atoms with Crippen LogP contribution in [0.2, 0.25) is 0 Å². The van der Waals surface area contributed by atoms with E-state index in [2.05, 4.69) is 27.4 Å². The van der Waals surface area contributed by atoms with Gasteiger partial charge in [-0.25, -0.2) is 4.98 Å². The highest BCUT2D eigenvalue weighted by Crippen LogP contribution is 2.34. The fraction of sp³-hybridized carbons (Fsp3) is 0.250. The standard InChI is InChI=1S/C12H12N4OS2/c1-2-5-13-12-16-15-11(19-12)9-7-14-10(18-9)8-4-3-6-17-8/h3-4,6-7H,2,5H2,1H3,(H,13,16). The minimum Gasteiger partial charge on any atom is -0.462 e. The van der Waals surface area contributed by atoms with E-state index in [1.807, 2.05) is 18.3 Å². The highest BCUT2D eigenvalue weighted by Gasteiger charge is 2.12. The van der Waals surface area contributed by atoms with Gasteiger partial charge >= 0.3 is 0 Å². The molecule has 0 unspecified atom stereocenters. The van der Waals surface area contributed by atoms with E-state index in [4.69, 9.17) is 4.42 Å². The van der Waals surface area contributed by atoms with E-state index < -0.39 is 0 Å². The monoisotopic (exact) mass is 292 g/mol. The van der Waals surface area contributed by atoms with E-state index in [0.717, 1.165) is 38.7 Å². The lowest BCUT2D eigenvalue weighted by atomic mass is 10.5. The maximum Gasteiger partial charge on any atom is 0.206 e. The second-order valence-corrected chi connectivity index (χ2v) is 5.85. The summed E-state index contributed by atoms with van der Waals surface area (Å²) in [4.78, 5) is 5.36. The smallest absolute Gasteiger partial charge is 0.206 e. The third kappa shape index (κ3) is 2.66. The Morgan fingerprint density at radius 3 is 3.00 bits per heavy atom. The molecule has 7 heteroatoms. The zero-order valence-corrected chi connectivity index (χ0v) is 11.9. The number of nitrogens with one attached hydrogen (secondary N) is 1. The van der Waals surface area contributed by atoms with Gasteiger partial charge in [0.2, 0.25) is 5.13 Å². The lowest BCUT2D eigenvalue weighted by Gasteiger charge is -1.94. The number of hydrogen-bond donors (Lipinski definition) is 1. The molecule has 1 N–H and O–H groups in total. The fourth-order valence-corrected chi connectivity index (χ4v) is 3.20. The van der Waals surface area contributed by atoms with Crippen molar-refractivity contribution in [3.8, 4) is 20.7 Å². The number of aromatic nitrogens is 3. The van der Waals surface area contributed by atoms with Crippen molar-refractivity contribution in [3.05, 3.63) is 24.6 Å². The van der Waals surface area contributed by atoms with Crippen LogP contribution in [0.3, 0.4) is 0 Å². The second-order valence-electron chi connectivity index (χ2n) is 3.85. The van der Waals surface area contributed by atoms with Gasteiger partial charge in [-0.15, -0.1) is 21.5 Å². The number of anilines is 1. The molecule has 5 nitrogen and oxygen atoms in total. The van der Waals surface area contributed by atoms with E-state index >= 15 is 0 Å². The summed E-state index contributed by atoms with van der Waals surface area (Å²) < 4.78 is 5.33. The van der Waals surface area contributed by atoms with Crippen molar-refractivity contribution >= 4 is 27.8 Å². The molecule has 3 rings (SSSR count). The van der Waals surface area contributed by atoms with Crippen molar-refractivity contribution in [3.63, 3.8) is 0 Å². The Hall–Kier alpha value is -1.73. The Bertz CT molecular complexity index is 644. The Balaban J connectivity index is 1.81. The van der Waals surface area contributed by atoms with Gasteiger partial charge in [0.1, 0.15) is 0 Å². The van der Waals surface area contributed by atoms with E-state index in [0.29, 0.717) is 0 Å². The summed E-state index contributed by atoms with van der Waals surface area (Å²) in [7, 11) is 0. The first kappa shape index (κ1) is 12.3. The molecule has 98 valence electrons. The molecule has 0 saturated heterocycles. The summed E-state index contributed by atoms with van der Waals surface area (Å²) in [5, 5.41) is 14.1. The van der Waals surface area contributed by atoms with Crippen molar-refractivity contribution in [2.45, 2.75) is 13.3 Å². The van der Waals surface area contributed by atoms with Crippen LogP contribution in [-0.4, -0.2) is 21.7 Å². The molecule has 3 aromatic heterocycles. The van der Waals surface area contributed by atoms with Gasteiger partial charge in [-0.2, -0.15) is 0 Å². The van der Waals surface area contributed by atoms with Crippen LogP contribution in [0, 0.1) is 0 Å². The molecule has 19 heavy (non-hydrogen) atoms. The third-order valence-corrected chi connectivity index (χ3v) is 4.46. The summed E-state index contributed by atoms with van der Waals surface area (Å²) in [6.07, 6.45) is 4.53. The molecule has 3 heterocycles. The molecule has 0 aliphatic carbocycles. The van der Waals surface area contributed by atoms with Gasteiger partial charge in [0.15, 0.2) is 15.8 Å². The number of nitrogens with zero attached hydrogens (tertiary/aromatic N) is 3. The first-order valence-corrected chi connectivity index (χ1v) is 7.57. The van der Waals surface area contributed by atoms with Crippen molar-refractivity contribution < 1.29 is 4.42 Å². The zero-order valence-electron chi connectivity index (χ0n) is 10.3. The quantitative estimate of drug-likeness (QED) is 0.776. The van der Waals surface area contributed by atoms with Crippen LogP contribution in [0.5, 0.6) is 0 Å². The van der Waals surface area contributed by atoms with E-state index in [-0.39, 0.29) is 0 Å². The van der Waals surface area contributed by atoms with Gasteiger partial charge < -0.3 is 9.73 Å². The highest BCUT2D eigenvalue weighted by molar-refractivity contribution is 7.24. The summed E-state index contributed by atoms with van der Waals surface area (Å²) in [6.45, 7) is 3.03. The molecule has 0 spiro atoms.